The summed E-state index contributed by atoms with van der Waals surface area (Å²) in [4.78, 5) is 0. The third-order valence-electron chi connectivity index (χ3n) is 5.43. The Hall–Kier alpha value is -4.09. The zero-order valence-corrected chi connectivity index (χ0v) is 18.7. The van der Waals surface area contributed by atoms with Crippen LogP contribution in [0.2, 0.25) is 0 Å². The molecule has 1 aromatic heterocycles. The minimum Gasteiger partial charge on any atom is -0.493 e. The molecule has 0 aliphatic rings. The van der Waals surface area contributed by atoms with Crippen LogP contribution in [-0.4, -0.2) is 14.2 Å². The molecule has 0 aliphatic heterocycles. The first-order valence-corrected chi connectivity index (χ1v) is 11.1. The number of aromatic nitrogens is 2. The van der Waals surface area contributed by atoms with Gasteiger partial charge in [0.25, 0.3) is 0 Å². The Bertz CT molecular complexity index is 1410. The highest BCUT2D eigenvalue weighted by atomic mass is 32.1. The zero-order valence-electron chi connectivity index (χ0n) is 17.8. The van der Waals surface area contributed by atoms with Gasteiger partial charge in [-0.1, -0.05) is 66.7 Å². The minimum absolute atomic E-state index is 0.139. The van der Waals surface area contributed by atoms with E-state index in [9.17, 15) is 5.11 Å². The monoisotopic (exact) mass is 450 g/mol. The van der Waals surface area contributed by atoms with Gasteiger partial charge >= 0.3 is 0 Å². The molecule has 0 saturated heterocycles. The minimum atomic E-state index is 0.139. The van der Waals surface area contributed by atoms with Crippen molar-refractivity contribution in [3.8, 4) is 28.8 Å². The van der Waals surface area contributed by atoms with Gasteiger partial charge in [0.05, 0.1) is 11.4 Å². The Morgan fingerprint density at radius 2 is 1.12 bits per heavy atom. The summed E-state index contributed by atoms with van der Waals surface area (Å²) >= 11 is 5.85. The molecule has 0 unspecified atom stereocenters. The van der Waals surface area contributed by atoms with E-state index in [1.807, 2.05) is 120 Å². The molecule has 1 heterocycles. The Morgan fingerprint density at radius 1 is 0.606 bits per heavy atom. The number of hydrogen-bond acceptors (Lipinski definition) is 3. The molecular weight excluding hydrogens is 428 g/mol. The van der Waals surface area contributed by atoms with Crippen LogP contribution in [0.15, 0.2) is 115 Å². The number of imidazole rings is 1. The van der Waals surface area contributed by atoms with Gasteiger partial charge < -0.3 is 9.84 Å². The smallest absolute Gasteiger partial charge is 0.219 e. The highest BCUT2D eigenvalue weighted by molar-refractivity contribution is 7.71. The van der Waals surface area contributed by atoms with Crippen LogP contribution in [0.3, 0.4) is 0 Å². The number of para-hydroxylation sites is 2. The first kappa shape index (κ1) is 20.8. The van der Waals surface area contributed by atoms with Crippen molar-refractivity contribution in [1.29, 1.82) is 0 Å². The van der Waals surface area contributed by atoms with Gasteiger partial charge in [0, 0.05) is 12.1 Å². The van der Waals surface area contributed by atoms with Crippen LogP contribution < -0.4 is 4.74 Å². The molecule has 4 aromatic carbocycles. The quantitative estimate of drug-likeness (QED) is 0.281. The molecule has 5 heteroatoms. The van der Waals surface area contributed by atoms with Crippen molar-refractivity contribution in [2.75, 3.05) is 0 Å². The lowest BCUT2D eigenvalue weighted by molar-refractivity contribution is 0.436. The van der Waals surface area contributed by atoms with E-state index < -0.39 is 0 Å². The van der Waals surface area contributed by atoms with E-state index in [1.54, 1.807) is 4.57 Å². The molecule has 33 heavy (non-hydrogen) atoms. The molecule has 1 N–H and O–H groups in total. The van der Waals surface area contributed by atoms with Gasteiger partial charge in [-0.2, -0.15) is 0 Å². The zero-order chi connectivity index (χ0) is 22.6. The second-order valence-electron chi connectivity index (χ2n) is 7.63. The van der Waals surface area contributed by atoms with Crippen molar-refractivity contribution >= 4 is 12.2 Å². The van der Waals surface area contributed by atoms with E-state index in [0.717, 1.165) is 34.1 Å². The lowest BCUT2D eigenvalue weighted by atomic mass is 10.1. The van der Waals surface area contributed by atoms with Crippen molar-refractivity contribution in [3.63, 3.8) is 0 Å². The number of hydrogen-bond donors (Lipinski definition) is 1. The Balaban J connectivity index is 1.59. The fourth-order valence-electron chi connectivity index (χ4n) is 3.85. The van der Waals surface area contributed by atoms with E-state index in [0.29, 0.717) is 11.2 Å². The lowest BCUT2D eigenvalue weighted by Gasteiger charge is -2.10. The van der Waals surface area contributed by atoms with Crippen LogP contribution in [0, 0.1) is 4.77 Å². The molecular formula is C28H22N2O2S. The van der Waals surface area contributed by atoms with Crippen molar-refractivity contribution < 1.29 is 9.84 Å². The molecule has 0 radical (unpaired) electrons. The molecule has 5 rings (SSSR count). The number of rotatable bonds is 6. The first-order valence-electron chi connectivity index (χ1n) is 10.7. The molecule has 0 amide bonds. The Labute approximate surface area is 197 Å². The van der Waals surface area contributed by atoms with Gasteiger partial charge in [-0.05, 0) is 66.3 Å². The van der Waals surface area contributed by atoms with Gasteiger partial charge in [-0.15, -0.1) is 0 Å². The van der Waals surface area contributed by atoms with Crippen LogP contribution in [-0.2, 0) is 6.42 Å². The number of aromatic hydroxyl groups is 1. The van der Waals surface area contributed by atoms with Crippen LogP contribution in [0.4, 0.5) is 0 Å². The Morgan fingerprint density at radius 3 is 1.76 bits per heavy atom. The molecule has 0 fully saturated rings. The highest BCUT2D eigenvalue weighted by Crippen LogP contribution is 2.31. The van der Waals surface area contributed by atoms with Gasteiger partial charge in [0.2, 0.25) is 5.88 Å². The third-order valence-corrected chi connectivity index (χ3v) is 5.79. The fourth-order valence-corrected chi connectivity index (χ4v) is 4.25. The van der Waals surface area contributed by atoms with Crippen molar-refractivity contribution in [2.24, 2.45) is 0 Å². The van der Waals surface area contributed by atoms with Gasteiger partial charge in [0.1, 0.15) is 11.5 Å². The average molecular weight is 451 g/mol. The molecule has 0 spiro atoms. The third kappa shape index (κ3) is 4.31. The number of ether oxygens (including phenoxy) is 1. The predicted molar refractivity (Wildman–Crippen MR) is 133 cm³/mol. The maximum atomic E-state index is 11.3. The summed E-state index contributed by atoms with van der Waals surface area (Å²) in [5.41, 5.74) is 3.49. The normalized spacial score (nSPS) is 10.8. The summed E-state index contributed by atoms with van der Waals surface area (Å²) in [6, 6.07) is 37.1. The van der Waals surface area contributed by atoms with E-state index in [1.165, 1.54) is 0 Å². The van der Waals surface area contributed by atoms with E-state index in [-0.39, 0.29) is 5.88 Å². The second kappa shape index (κ2) is 9.18. The Kier molecular flexibility index (Phi) is 5.79. The maximum absolute atomic E-state index is 11.3. The molecule has 0 saturated carbocycles. The van der Waals surface area contributed by atoms with Crippen LogP contribution in [0.25, 0.3) is 11.4 Å². The lowest BCUT2D eigenvalue weighted by Crippen LogP contribution is -2.02. The first-order chi connectivity index (χ1) is 16.2. The SMILES string of the molecule is Oc1c(Cc2ccccc2)n(-c2ccc(Oc3ccccc3)cc2)c(=S)n1-c1ccccc1. The van der Waals surface area contributed by atoms with Crippen molar-refractivity contribution in [2.45, 2.75) is 6.42 Å². The fraction of sp³-hybridized carbons (Fsp3) is 0.0357. The van der Waals surface area contributed by atoms with Crippen LogP contribution in [0.5, 0.6) is 17.4 Å². The molecule has 0 atom stereocenters. The summed E-state index contributed by atoms with van der Waals surface area (Å²) in [6.45, 7) is 0. The number of benzene rings is 4. The summed E-state index contributed by atoms with van der Waals surface area (Å²) in [5.74, 6) is 1.65. The standard InChI is InChI=1S/C28H22N2O2S/c31-27-26(20-21-10-4-1-5-11-21)29(28(33)30(27)22-12-6-2-7-13-22)23-16-18-25(19-17-23)32-24-14-8-3-9-15-24/h1-19,31H,20H2. The van der Waals surface area contributed by atoms with Gasteiger partial charge in [0.15, 0.2) is 4.77 Å². The number of nitrogens with zero attached hydrogens (tertiary/aromatic N) is 2. The molecule has 0 aliphatic carbocycles. The summed E-state index contributed by atoms with van der Waals surface area (Å²) in [5, 5.41) is 11.3. The maximum Gasteiger partial charge on any atom is 0.219 e. The molecule has 162 valence electrons. The molecule has 5 aromatic rings. The topological polar surface area (TPSA) is 39.3 Å². The van der Waals surface area contributed by atoms with Crippen molar-refractivity contribution in [3.05, 3.63) is 131 Å². The van der Waals surface area contributed by atoms with Crippen LogP contribution in [0.1, 0.15) is 11.3 Å². The van der Waals surface area contributed by atoms with E-state index >= 15 is 0 Å². The van der Waals surface area contributed by atoms with Gasteiger partial charge in [-0.3, -0.25) is 9.13 Å². The molecule has 4 nitrogen and oxygen atoms in total. The average Bonchev–Trinajstić information content (AvgIpc) is 3.10. The largest absolute Gasteiger partial charge is 0.493 e. The van der Waals surface area contributed by atoms with Gasteiger partial charge in [-0.25, -0.2) is 0 Å². The highest BCUT2D eigenvalue weighted by Gasteiger charge is 2.20. The second-order valence-corrected chi connectivity index (χ2v) is 8.00. The van der Waals surface area contributed by atoms with Crippen LogP contribution >= 0.6 is 12.2 Å². The van der Waals surface area contributed by atoms with Crippen molar-refractivity contribution in [1.82, 2.24) is 9.13 Å². The predicted octanol–water partition coefficient (Wildman–Crippen LogP) is 7.09. The molecule has 0 bridgehead atoms. The summed E-state index contributed by atoms with van der Waals surface area (Å²) in [7, 11) is 0. The van der Waals surface area contributed by atoms with E-state index in [4.69, 9.17) is 17.0 Å². The van der Waals surface area contributed by atoms with E-state index in [2.05, 4.69) is 0 Å². The summed E-state index contributed by atoms with van der Waals surface area (Å²) in [6.07, 6.45) is 0.540. The summed E-state index contributed by atoms with van der Waals surface area (Å²) < 4.78 is 10.1.